The molecule has 2 aliphatic rings. The molecule has 0 saturated carbocycles. The fourth-order valence-electron chi connectivity index (χ4n) is 2.57. The van der Waals surface area contributed by atoms with Crippen LogP contribution in [-0.2, 0) is 0 Å². The Morgan fingerprint density at radius 3 is 2.45 bits per heavy atom. The zero-order chi connectivity index (χ0) is 15.7. The van der Waals surface area contributed by atoms with E-state index >= 15 is 0 Å². The van der Waals surface area contributed by atoms with Gasteiger partial charge in [-0.25, -0.2) is 0 Å². The number of rotatable bonds is 2. The van der Waals surface area contributed by atoms with Crippen molar-refractivity contribution in [3.8, 4) is 11.5 Å². The van der Waals surface area contributed by atoms with Gasteiger partial charge in [0.2, 0.25) is 6.79 Å². The highest BCUT2D eigenvalue weighted by molar-refractivity contribution is 5.95. The Bertz CT molecular complexity index is 569. The summed E-state index contributed by atoms with van der Waals surface area (Å²) >= 11 is 0. The molecule has 1 fully saturated rings. The average molecular weight is 316 g/mol. The molecule has 3 rings (SSSR count). The molecule has 8 heteroatoms. The number of halogens is 3. The van der Waals surface area contributed by atoms with Gasteiger partial charge in [-0.1, -0.05) is 0 Å². The maximum absolute atomic E-state index is 12.4. The van der Waals surface area contributed by atoms with E-state index in [1.807, 2.05) is 0 Å². The van der Waals surface area contributed by atoms with E-state index in [9.17, 15) is 18.0 Å². The molecular weight excluding hydrogens is 301 g/mol. The topological polar surface area (TPSA) is 42.0 Å². The summed E-state index contributed by atoms with van der Waals surface area (Å²) in [6, 6.07) is 4.90. The Morgan fingerprint density at radius 2 is 1.77 bits per heavy atom. The number of fused-ring (bicyclic) bond motifs is 1. The number of alkyl halides is 3. The standard InChI is InChI=1S/C14H15F3N2O3/c15-14(16,17)8-18-3-5-19(6-4-18)13(20)10-1-2-11-12(7-10)22-9-21-11/h1-2,7H,3-6,8-9H2. The minimum atomic E-state index is -4.20. The number of amides is 1. The van der Waals surface area contributed by atoms with Crippen LogP contribution >= 0.6 is 0 Å². The first-order valence-corrected chi connectivity index (χ1v) is 6.90. The lowest BCUT2D eigenvalue weighted by Gasteiger charge is -2.35. The van der Waals surface area contributed by atoms with Crippen molar-refractivity contribution in [2.24, 2.45) is 0 Å². The van der Waals surface area contributed by atoms with Gasteiger partial charge in [0.1, 0.15) is 0 Å². The summed E-state index contributed by atoms with van der Waals surface area (Å²) in [5.41, 5.74) is 0.452. The van der Waals surface area contributed by atoms with Crippen LogP contribution in [0.3, 0.4) is 0 Å². The number of ether oxygens (including phenoxy) is 2. The highest BCUT2D eigenvalue weighted by atomic mass is 19.4. The Kier molecular flexibility index (Phi) is 3.86. The van der Waals surface area contributed by atoms with E-state index in [2.05, 4.69) is 0 Å². The van der Waals surface area contributed by atoms with E-state index in [1.54, 1.807) is 23.1 Å². The van der Waals surface area contributed by atoms with Crippen LogP contribution in [-0.4, -0.2) is 61.4 Å². The molecule has 0 spiro atoms. The summed E-state index contributed by atoms with van der Waals surface area (Å²) in [5.74, 6) is 0.901. The summed E-state index contributed by atoms with van der Waals surface area (Å²) < 4.78 is 47.4. The lowest BCUT2D eigenvalue weighted by molar-refractivity contribution is -0.148. The van der Waals surface area contributed by atoms with Crippen molar-refractivity contribution >= 4 is 5.91 Å². The molecule has 0 aliphatic carbocycles. The second-order valence-corrected chi connectivity index (χ2v) is 5.25. The van der Waals surface area contributed by atoms with Crippen LogP contribution in [0.25, 0.3) is 0 Å². The first-order chi connectivity index (χ1) is 10.4. The molecule has 120 valence electrons. The minimum Gasteiger partial charge on any atom is -0.454 e. The zero-order valence-electron chi connectivity index (χ0n) is 11.7. The van der Waals surface area contributed by atoms with Gasteiger partial charge < -0.3 is 14.4 Å². The van der Waals surface area contributed by atoms with Crippen molar-refractivity contribution < 1.29 is 27.4 Å². The van der Waals surface area contributed by atoms with Gasteiger partial charge in [0, 0.05) is 31.7 Å². The SMILES string of the molecule is O=C(c1ccc2c(c1)OCO2)N1CCN(CC(F)(F)F)CC1. The molecule has 0 bridgehead atoms. The smallest absolute Gasteiger partial charge is 0.401 e. The Morgan fingerprint density at radius 1 is 1.09 bits per heavy atom. The number of benzene rings is 1. The molecule has 1 amide bonds. The molecule has 22 heavy (non-hydrogen) atoms. The maximum atomic E-state index is 12.4. The van der Waals surface area contributed by atoms with Crippen molar-refractivity contribution in [2.75, 3.05) is 39.5 Å². The van der Waals surface area contributed by atoms with Crippen molar-refractivity contribution in [3.05, 3.63) is 23.8 Å². The average Bonchev–Trinajstić information content (AvgIpc) is 2.93. The highest BCUT2D eigenvalue weighted by Crippen LogP contribution is 2.32. The number of piperazine rings is 1. The Labute approximate surface area is 125 Å². The summed E-state index contributed by atoms with van der Waals surface area (Å²) in [7, 11) is 0. The van der Waals surface area contributed by atoms with E-state index in [0.29, 0.717) is 17.1 Å². The third-order valence-corrected chi connectivity index (χ3v) is 3.68. The first-order valence-electron chi connectivity index (χ1n) is 6.90. The summed E-state index contributed by atoms with van der Waals surface area (Å²) in [6.07, 6.45) is -4.20. The van der Waals surface area contributed by atoms with Gasteiger partial charge in [-0.05, 0) is 18.2 Å². The molecule has 0 atom stereocenters. The predicted molar refractivity (Wildman–Crippen MR) is 71.0 cm³/mol. The lowest BCUT2D eigenvalue weighted by atomic mass is 10.1. The van der Waals surface area contributed by atoms with E-state index in [1.165, 1.54) is 4.90 Å². The van der Waals surface area contributed by atoms with Crippen LogP contribution in [0.1, 0.15) is 10.4 Å². The van der Waals surface area contributed by atoms with Crippen molar-refractivity contribution in [2.45, 2.75) is 6.18 Å². The number of hydrogen-bond donors (Lipinski definition) is 0. The normalized spacial score (nSPS) is 18.6. The molecule has 1 saturated heterocycles. The van der Waals surface area contributed by atoms with Gasteiger partial charge in [0.15, 0.2) is 11.5 Å². The third-order valence-electron chi connectivity index (χ3n) is 3.68. The van der Waals surface area contributed by atoms with E-state index in [-0.39, 0.29) is 38.9 Å². The van der Waals surface area contributed by atoms with Gasteiger partial charge in [-0.15, -0.1) is 0 Å². The quantitative estimate of drug-likeness (QED) is 0.833. The minimum absolute atomic E-state index is 0.128. The number of carbonyl (C=O) groups excluding carboxylic acids is 1. The molecule has 2 heterocycles. The van der Waals surface area contributed by atoms with E-state index in [4.69, 9.17) is 9.47 Å². The molecule has 1 aromatic rings. The van der Waals surface area contributed by atoms with Gasteiger partial charge in [0.25, 0.3) is 5.91 Å². The number of hydrogen-bond acceptors (Lipinski definition) is 4. The second-order valence-electron chi connectivity index (χ2n) is 5.25. The fraction of sp³-hybridized carbons (Fsp3) is 0.500. The fourth-order valence-corrected chi connectivity index (χ4v) is 2.57. The summed E-state index contributed by atoms with van der Waals surface area (Å²) in [6.45, 7) is 0.195. The molecule has 0 aromatic heterocycles. The highest BCUT2D eigenvalue weighted by Gasteiger charge is 2.33. The monoisotopic (exact) mass is 316 g/mol. The molecule has 0 radical (unpaired) electrons. The van der Waals surface area contributed by atoms with Crippen LogP contribution in [0.2, 0.25) is 0 Å². The van der Waals surface area contributed by atoms with Crippen LogP contribution in [0, 0.1) is 0 Å². The second kappa shape index (κ2) is 5.68. The predicted octanol–water partition coefficient (Wildman–Crippen LogP) is 1.74. The molecule has 5 nitrogen and oxygen atoms in total. The molecular formula is C14H15F3N2O3. The van der Waals surface area contributed by atoms with Crippen LogP contribution < -0.4 is 9.47 Å². The lowest BCUT2D eigenvalue weighted by Crippen LogP contribution is -2.50. The van der Waals surface area contributed by atoms with E-state index < -0.39 is 12.7 Å². The van der Waals surface area contributed by atoms with Gasteiger partial charge in [-0.3, -0.25) is 9.69 Å². The third kappa shape index (κ3) is 3.27. The molecule has 0 N–H and O–H groups in total. The van der Waals surface area contributed by atoms with Crippen molar-refractivity contribution in [1.82, 2.24) is 9.80 Å². The summed E-state index contributed by atoms with van der Waals surface area (Å²) in [4.78, 5) is 15.2. The van der Waals surface area contributed by atoms with Crippen molar-refractivity contribution in [1.29, 1.82) is 0 Å². The maximum Gasteiger partial charge on any atom is 0.401 e. The van der Waals surface area contributed by atoms with E-state index in [0.717, 1.165) is 0 Å². The molecule has 1 aromatic carbocycles. The Balaban J connectivity index is 1.60. The zero-order valence-corrected chi connectivity index (χ0v) is 11.7. The van der Waals surface area contributed by atoms with Crippen molar-refractivity contribution in [3.63, 3.8) is 0 Å². The number of carbonyl (C=O) groups is 1. The largest absolute Gasteiger partial charge is 0.454 e. The van der Waals surface area contributed by atoms with Gasteiger partial charge >= 0.3 is 6.18 Å². The van der Waals surface area contributed by atoms with Gasteiger partial charge in [0.05, 0.1) is 6.54 Å². The molecule has 0 unspecified atom stereocenters. The van der Waals surface area contributed by atoms with Crippen LogP contribution in [0.4, 0.5) is 13.2 Å². The van der Waals surface area contributed by atoms with Crippen LogP contribution in [0.15, 0.2) is 18.2 Å². The Hall–Kier alpha value is -1.96. The summed E-state index contributed by atoms with van der Waals surface area (Å²) in [5, 5.41) is 0. The van der Waals surface area contributed by atoms with Crippen LogP contribution in [0.5, 0.6) is 11.5 Å². The van der Waals surface area contributed by atoms with Gasteiger partial charge in [-0.2, -0.15) is 13.2 Å². The number of nitrogens with zero attached hydrogens (tertiary/aromatic N) is 2. The molecule has 2 aliphatic heterocycles. The first kappa shape index (κ1) is 15.0.